The summed E-state index contributed by atoms with van der Waals surface area (Å²) >= 11 is 0. The second-order valence-corrected chi connectivity index (χ2v) is 13.1. The second kappa shape index (κ2) is 10.5. The molecule has 11 heteroatoms. The molecule has 3 fully saturated rings. The van der Waals surface area contributed by atoms with Crippen LogP contribution in [0.2, 0.25) is 0 Å². The Bertz CT molecular complexity index is 1340. The summed E-state index contributed by atoms with van der Waals surface area (Å²) in [6.45, 7) is 6.16. The molecule has 1 aromatic rings. The maximum atomic E-state index is 13.1. The fourth-order valence-electron chi connectivity index (χ4n) is 6.18. The topological polar surface area (TPSA) is 128 Å². The normalized spacial score (nSPS) is 27.8. The Morgan fingerprint density at radius 3 is 2.36 bits per heavy atom. The average molecular weight is 556 g/mol. The van der Waals surface area contributed by atoms with Gasteiger partial charge >= 0.3 is 6.03 Å². The zero-order valence-corrected chi connectivity index (χ0v) is 23.6. The number of rotatable bonds is 6. The molecule has 2 saturated heterocycles. The third kappa shape index (κ3) is 5.26. The van der Waals surface area contributed by atoms with Gasteiger partial charge in [0.25, 0.3) is 11.8 Å². The van der Waals surface area contributed by atoms with Crippen LogP contribution >= 0.6 is 0 Å². The molecule has 3 aliphatic heterocycles. The van der Waals surface area contributed by atoms with Crippen molar-refractivity contribution in [2.24, 2.45) is 16.8 Å². The monoisotopic (exact) mass is 555 g/mol. The van der Waals surface area contributed by atoms with Gasteiger partial charge in [-0.1, -0.05) is 19.4 Å². The molecule has 210 valence electrons. The van der Waals surface area contributed by atoms with Gasteiger partial charge in [0.2, 0.25) is 10.0 Å². The lowest BCUT2D eigenvalue weighted by Crippen LogP contribution is -2.50. The Morgan fingerprint density at radius 1 is 1.08 bits per heavy atom. The second-order valence-electron chi connectivity index (χ2n) is 11.2. The van der Waals surface area contributed by atoms with Crippen LogP contribution in [-0.2, 0) is 19.6 Å². The SMILES string of the molecule is CCC1CCC(C2=NC3(CCN(S(=O)(=O)C=Cc4ccc(N5C(=O)NC(=O)C5C)cc4C)CC3)C(=O)N2)CC1. The van der Waals surface area contributed by atoms with Crippen LogP contribution in [0, 0.1) is 18.8 Å². The Hall–Kier alpha value is -3.05. The van der Waals surface area contributed by atoms with Crippen LogP contribution in [0.5, 0.6) is 0 Å². The number of carbonyl (C=O) groups excluding carboxylic acids is 3. The Morgan fingerprint density at radius 2 is 1.77 bits per heavy atom. The minimum absolute atomic E-state index is 0.0962. The van der Waals surface area contributed by atoms with Crippen molar-refractivity contribution in [3.63, 3.8) is 0 Å². The predicted molar refractivity (Wildman–Crippen MR) is 149 cm³/mol. The number of hydrogen-bond donors (Lipinski definition) is 2. The van der Waals surface area contributed by atoms with E-state index in [1.54, 1.807) is 31.2 Å². The van der Waals surface area contributed by atoms with E-state index in [2.05, 4.69) is 17.6 Å². The number of sulfonamides is 1. The smallest absolute Gasteiger partial charge is 0.312 e. The number of amides is 4. The maximum Gasteiger partial charge on any atom is 0.329 e. The van der Waals surface area contributed by atoms with Crippen molar-refractivity contribution in [3.05, 3.63) is 34.7 Å². The van der Waals surface area contributed by atoms with Gasteiger partial charge in [-0.3, -0.25) is 24.8 Å². The number of carbonyl (C=O) groups is 3. The molecule has 10 nitrogen and oxygen atoms in total. The van der Waals surface area contributed by atoms with E-state index < -0.39 is 27.6 Å². The number of nitrogens with one attached hydrogen (secondary N) is 2. The van der Waals surface area contributed by atoms with E-state index in [-0.39, 0.29) is 24.9 Å². The van der Waals surface area contributed by atoms with Crippen LogP contribution in [0.1, 0.15) is 69.9 Å². The minimum atomic E-state index is -3.70. The third-order valence-corrected chi connectivity index (χ3v) is 10.5. The van der Waals surface area contributed by atoms with Gasteiger partial charge in [0.15, 0.2) is 0 Å². The summed E-state index contributed by atoms with van der Waals surface area (Å²) in [7, 11) is -3.70. The summed E-state index contributed by atoms with van der Waals surface area (Å²) in [5.74, 6) is 1.40. The Balaban J connectivity index is 1.23. The van der Waals surface area contributed by atoms with Crippen molar-refractivity contribution in [1.82, 2.24) is 14.9 Å². The van der Waals surface area contributed by atoms with Gasteiger partial charge in [-0.25, -0.2) is 13.2 Å². The largest absolute Gasteiger partial charge is 0.329 e. The molecule has 1 unspecified atom stereocenters. The third-order valence-electron chi connectivity index (χ3n) is 8.89. The van der Waals surface area contributed by atoms with Crippen LogP contribution < -0.4 is 15.5 Å². The molecule has 4 amide bonds. The van der Waals surface area contributed by atoms with E-state index in [1.165, 1.54) is 21.0 Å². The average Bonchev–Trinajstić information content (AvgIpc) is 3.37. The van der Waals surface area contributed by atoms with Crippen LogP contribution in [-0.4, -0.2) is 61.1 Å². The number of piperidine rings is 1. The number of aryl methyl sites for hydroxylation is 1. The standard InChI is InChI=1S/C28H37N5O5S/c1-4-20-5-7-22(8-6-20)24-29-26(35)28(31-24)12-14-32(15-13-28)39(37,38)16-11-21-9-10-23(17-18(21)2)33-19(3)25(34)30-27(33)36/h9-11,16-17,19-20,22H,4-8,12-15H2,1-3H3,(H,29,31,35)(H,30,34,36). The number of benzene rings is 1. The van der Waals surface area contributed by atoms with Crippen molar-refractivity contribution in [2.45, 2.75) is 77.3 Å². The number of hydrogen-bond acceptors (Lipinski definition) is 6. The molecule has 3 heterocycles. The zero-order valence-electron chi connectivity index (χ0n) is 22.8. The van der Waals surface area contributed by atoms with Gasteiger partial charge in [0.1, 0.15) is 17.4 Å². The van der Waals surface area contributed by atoms with Crippen molar-refractivity contribution in [1.29, 1.82) is 0 Å². The summed E-state index contributed by atoms with van der Waals surface area (Å²) in [4.78, 5) is 43.1. The lowest BCUT2D eigenvalue weighted by molar-refractivity contribution is -0.125. The molecule has 1 saturated carbocycles. The molecule has 1 spiro atoms. The van der Waals surface area contributed by atoms with E-state index in [9.17, 15) is 22.8 Å². The summed E-state index contributed by atoms with van der Waals surface area (Å²) in [5, 5.41) is 6.52. The van der Waals surface area contributed by atoms with E-state index in [1.807, 2.05) is 6.92 Å². The van der Waals surface area contributed by atoms with Crippen LogP contribution in [0.25, 0.3) is 6.08 Å². The molecular formula is C28H37N5O5S. The van der Waals surface area contributed by atoms with Crippen LogP contribution in [0.4, 0.5) is 10.5 Å². The molecule has 1 aromatic carbocycles. The van der Waals surface area contributed by atoms with Crippen molar-refractivity contribution in [2.75, 3.05) is 18.0 Å². The molecule has 0 bridgehead atoms. The van der Waals surface area contributed by atoms with Crippen molar-refractivity contribution < 1.29 is 22.8 Å². The minimum Gasteiger partial charge on any atom is -0.312 e. The fraction of sp³-hybridized carbons (Fsp3) is 0.571. The highest BCUT2D eigenvalue weighted by molar-refractivity contribution is 7.92. The first kappa shape index (κ1) is 27.5. The van der Waals surface area contributed by atoms with Crippen molar-refractivity contribution in [3.8, 4) is 0 Å². The van der Waals surface area contributed by atoms with Crippen LogP contribution in [0.3, 0.4) is 0 Å². The van der Waals surface area contributed by atoms with Gasteiger partial charge in [0.05, 0.1) is 0 Å². The first-order valence-electron chi connectivity index (χ1n) is 13.9. The zero-order chi connectivity index (χ0) is 27.9. The van der Waals surface area contributed by atoms with Gasteiger partial charge in [-0.05, 0) is 87.6 Å². The lowest BCUT2D eigenvalue weighted by atomic mass is 9.80. The quantitative estimate of drug-likeness (QED) is 0.521. The first-order chi connectivity index (χ1) is 18.5. The van der Waals surface area contributed by atoms with E-state index in [4.69, 9.17) is 4.99 Å². The number of amidine groups is 1. The number of anilines is 1. The van der Waals surface area contributed by atoms with Gasteiger partial charge < -0.3 is 5.32 Å². The molecular weight excluding hydrogens is 518 g/mol. The summed E-state index contributed by atoms with van der Waals surface area (Å²) in [6.07, 6.45) is 7.88. The van der Waals surface area contributed by atoms with E-state index in [0.29, 0.717) is 30.0 Å². The van der Waals surface area contributed by atoms with Gasteiger partial charge in [-0.15, -0.1) is 0 Å². The molecule has 1 atom stereocenters. The van der Waals surface area contributed by atoms with Gasteiger partial charge in [-0.2, -0.15) is 4.31 Å². The van der Waals surface area contributed by atoms with Crippen molar-refractivity contribution >= 4 is 45.5 Å². The predicted octanol–water partition coefficient (Wildman–Crippen LogP) is 3.32. The highest BCUT2D eigenvalue weighted by atomic mass is 32.2. The molecule has 0 aromatic heterocycles. The molecule has 2 N–H and O–H groups in total. The molecule has 4 aliphatic rings. The van der Waals surface area contributed by atoms with E-state index in [0.717, 1.165) is 43.0 Å². The van der Waals surface area contributed by atoms with E-state index >= 15 is 0 Å². The number of nitrogens with zero attached hydrogens (tertiary/aromatic N) is 3. The lowest BCUT2D eigenvalue weighted by Gasteiger charge is -2.34. The number of imide groups is 1. The molecule has 1 aliphatic carbocycles. The summed E-state index contributed by atoms with van der Waals surface area (Å²) in [6, 6.07) is 4.10. The van der Waals surface area contributed by atoms with Gasteiger partial charge in [0, 0.05) is 30.1 Å². The molecule has 5 rings (SSSR count). The van der Waals surface area contributed by atoms with Crippen LogP contribution in [0.15, 0.2) is 28.6 Å². The Labute approximate surface area is 230 Å². The number of urea groups is 1. The summed E-state index contributed by atoms with van der Waals surface area (Å²) < 4.78 is 27.7. The first-order valence-corrected chi connectivity index (χ1v) is 15.4. The number of aliphatic imine (C=N–C) groups is 1. The molecule has 0 radical (unpaired) electrons. The molecule has 39 heavy (non-hydrogen) atoms. The fourth-order valence-corrected chi connectivity index (χ4v) is 7.36. The highest BCUT2D eigenvalue weighted by Gasteiger charge is 2.48. The summed E-state index contributed by atoms with van der Waals surface area (Å²) in [5.41, 5.74) is 1.17. The highest BCUT2D eigenvalue weighted by Crippen LogP contribution is 2.37. The Kier molecular flexibility index (Phi) is 7.41. The maximum absolute atomic E-state index is 13.1.